The van der Waals surface area contributed by atoms with Crippen molar-refractivity contribution in [3.8, 4) is 23.0 Å². The van der Waals surface area contributed by atoms with Crippen LogP contribution in [-0.4, -0.2) is 62.0 Å². The van der Waals surface area contributed by atoms with Crippen molar-refractivity contribution >= 4 is 11.8 Å². The van der Waals surface area contributed by atoms with Crippen LogP contribution in [0.25, 0.3) is 0 Å². The zero-order valence-electron chi connectivity index (χ0n) is 18.7. The van der Waals surface area contributed by atoms with Crippen molar-refractivity contribution in [3.05, 3.63) is 47.5 Å². The van der Waals surface area contributed by atoms with Gasteiger partial charge in [-0.1, -0.05) is 6.07 Å². The number of piperidine rings is 1. The van der Waals surface area contributed by atoms with Crippen molar-refractivity contribution < 1.29 is 23.8 Å². The first-order valence-corrected chi connectivity index (χ1v) is 10.7. The number of carbonyl (C=O) groups is 2. The molecule has 8 heteroatoms. The van der Waals surface area contributed by atoms with Crippen LogP contribution < -0.4 is 19.9 Å². The molecule has 2 fully saturated rings. The highest BCUT2D eigenvalue weighted by atomic mass is 16.5. The topological polar surface area (TPSA) is 94.3 Å². The summed E-state index contributed by atoms with van der Waals surface area (Å²) in [6.07, 6.45) is 1.42. The Bertz CT molecular complexity index is 1020. The van der Waals surface area contributed by atoms with Crippen LogP contribution in [0.5, 0.6) is 23.0 Å². The third-order valence-electron chi connectivity index (χ3n) is 6.43. The lowest BCUT2D eigenvalue weighted by Crippen LogP contribution is -2.49. The predicted molar refractivity (Wildman–Crippen MR) is 119 cm³/mol. The summed E-state index contributed by atoms with van der Waals surface area (Å²) in [6.45, 7) is 1.60. The van der Waals surface area contributed by atoms with Crippen molar-refractivity contribution in [1.82, 2.24) is 9.80 Å². The third kappa shape index (κ3) is 4.10. The molecule has 0 aromatic heterocycles. The second kappa shape index (κ2) is 9.08. The Hall–Kier alpha value is -3.26. The molecule has 0 unspecified atom stereocenters. The SMILES string of the molecule is COc1cc(CN)ccc1Oc1ccc(C(=O)N2CC[C@@H]3CC(=O)N(C)[C@@H]3C2)cc1OC. The summed E-state index contributed by atoms with van der Waals surface area (Å²) >= 11 is 0. The predicted octanol–water partition coefficient (Wildman–Crippen LogP) is 2.65. The number of ether oxygens (including phenoxy) is 3. The monoisotopic (exact) mass is 439 g/mol. The van der Waals surface area contributed by atoms with Gasteiger partial charge in [-0.05, 0) is 48.2 Å². The molecule has 0 radical (unpaired) electrons. The summed E-state index contributed by atoms with van der Waals surface area (Å²) in [5, 5.41) is 0. The van der Waals surface area contributed by atoms with Crippen LogP contribution in [0, 0.1) is 5.92 Å². The molecule has 0 saturated carbocycles. The smallest absolute Gasteiger partial charge is 0.254 e. The fraction of sp³-hybridized carbons (Fsp3) is 0.417. The molecule has 0 aliphatic carbocycles. The molecular formula is C24H29N3O5. The van der Waals surface area contributed by atoms with E-state index in [1.165, 1.54) is 7.11 Å². The number of fused-ring (bicyclic) bond motifs is 1. The molecule has 2 saturated heterocycles. The van der Waals surface area contributed by atoms with E-state index in [2.05, 4.69) is 0 Å². The average molecular weight is 440 g/mol. The highest BCUT2D eigenvalue weighted by Gasteiger charge is 2.42. The van der Waals surface area contributed by atoms with E-state index in [4.69, 9.17) is 19.9 Å². The molecule has 0 spiro atoms. The Morgan fingerprint density at radius 2 is 1.75 bits per heavy atom. The molecule has 8 nitrogen and oxygen atoms in total. The summed E-state index contributed by atoms with van der Waals surface area (Å²) in [5.41, 5.74) is 7.15. The lowest BCUT2D eigenvalue weighted by Gasteiger charge is -2.37. The average Bonchev–Trinajstić information content (AvgIpc) is 3.11. The van der Waals surface area contributed by atoms with Gasteiger partial charge in [0.1, 0.15) is 0 Å². The number of amides is 2. The van der Waals surface area contributed by atoms with Gasteiger partial charge in [0.15, 0.2) is 23.0 Å². The normalized spacial score (nSPS) is 20.2. The minimum atomic E-state index is -0.0778. The van der Waals surface area contributed by atoms with Crippen molar-refractivity contribution in [2.45, 2.75) is 25.4 Å². The zero-order chi connectivity index (χ0) is 22.8. The van der Waals surface area contributed by atoms with E-state index in [-0.39, 0.29) is 17.9 Å². The number of methoxy groups -OCH3 is 2. The molecular weight excluding hydrogens is 410 g/mol. The molecule has 2 aromatic rings. The van der Waals surface area contributed by atoms with Gasteiger partial charge in [0.05, 0.1) is 20.3 Å². The van der Waals surface area contributed by atoms with Crippen molar-refractivity contribution in [1.29, 1.82) is 0 Å². The van der Waals surface area contributed by atoms with Crippen LogP contribution in [0.15, 0.2) is 36.4 Å². The van der Waals surface area contributed by atoms with E-state index in [1.54, 1.807) is 36.3 Å². The Labute approximate surface area is 187 Å². The standard InChI is InChI=1S/C24H29N3O5/c1-26-18-14-27(9-8-16(18)12-23(26)28)24(29)17-5-7-20(22(11-17)31-3)32-19-6-4-15(13-25)10-21(19)30-2/h4-7,10-11,16,18H,8-9,12-14,25H2,1-3H3/t16-,18-/m1/s1. The van der Waals surface area contributed by atoms with E-state index < -0.39 is 0 Å². The van der Waals surface area contributed by atoms with Gasteiger partial charge in [-0.25, -0.2) is 0 Å². The van der Waals surface area contributed by atoms with Gasteiger partial charge in [0, 0.05) is 38.7 Å². The molecule has 2 aliphatic heterocycles. The van der Waals surface area contributed by atoms with Crippen LogP contribution in [-0.2, 0) is 11.3 Å². The van der Waals surface area contributed by atoms with Gasteiger partial charge in [0.2, 0.25) is 5.91 Å². The number of rotatable bonds is 6. The van der Waals surface area contributed by atoms with Crippen LogP contribution in [0.4, 0.5) is 0 Å². The molecule has 4 rings (SSSR count). The number of nitrogens with two attached hydrogens (primary N) is 1. The van der Waals surface area contributed by atoms with E-state index in [1.807, 2.05) is 24.1 Å². The van der Waals surface area contributed by atoms with Crippen LogP contribution in [0.3, 0.4) is 0 Å². The maximum atomic E-state index is 13.2. The first-order chi connectivity index (χ1) is 15.4. The van der Waals surface area contributed by atoms with Crippen molar-refractivity contribution in [2.75, 3.05) is 34.4 Å². The van der Waals surface area contributed by atoms with Crippen LogP contribution in [0.1, 0.15) is 28.8 Å². The molecule has 2 heterocycles. The highest BCUT2D eigenvalue weighted by Crippen LogP contribution is 2.38. The van der Waals surface area contributed by atoms with Gasteiger partial charge < -0.3 is 29.7 Å². The van der Waals surface area contributed by atoms with E-state index >= 15 is 0 Å². The Kier molecular flexibility index (Phi) is 6.23. The first kappa shape index (κ1) is 22.0. The molecule has 32 heavy (non-hydrogen) atoms. The summed E-state index contributed by atoms with van der Waals surface area (Å²) < 4.78 is 16.9. The molecule has 2 aliphatic rings. The summed E-state index contributed by atoms with van der Waals surface area (Å²) in [7, 11) is 4.93. The number of hydrogen-bond acceptors (Lipinski definition) is 6. The number of hydrogen-bond donors (Lipinski definition) is 1. The van der Waals surface area contributed by atoms with E-state index in [9.17, 15) is 9.59 Å². The molecule has 2 aromatic carbocycles. The van der Waals surface area contributed by atoms with E-state index in [0.717, 1.165) is 12.0 Å². The Morgan fingerprint density at radius 1 is 1.06 bits per heavy atom. The Morgan fingerprint density at radius 3 is 2.44 bits per heavy atom. The molecule has 170 valence electrons. The van der Waals surface area contributed by atoms with Gasteiger partial charge in [-0.3, -0.25) is 9.59 Å². The van der Waals surface area contributed by atoms with Crippen LogP contribution >= 0.6 is 0 Å². The van der Waals surface area contributed by atoms with Gasteiger partial charge in [0.25, 0.3) is 5.91 Å². The van der Waals surface area contributed by atoms with Gasteiger partial charge >= 0.3 is 0 Å². The first-order valence-electron chi connectivity index (χ1n) is 10.7. The fourth-order valence-electron chi connectivity index (χ4n) is 4.50. The number of likely N-dealkylation sites (tertiary alicyclic amines) is 2. The number of benzene rings is 2. The minimum Gasteiger partial charge on any atom is -0.493 e. The molecule has 2 atom stereocenters. The number of likely N-dealkylation sites (N-methyl/N-ethyl adjacent to an activating group) is 1. The second-order valence-electron chi connectivity index (χ2n) is 8.23. The summed E-state index contributed by atoms with van der Waals surface area (Å²) in [6, 6.07) is 10.7. The summed E-state index contributed by atoms with van der Waals surface area (Å²) in [5.74, 6) is 2.43. The number of nitrogens with zero attached hydrogens (tertiary/aromatic N) is 2. The fourth-order valence-corrected chi connectivity index (χ4v) is 4.50. The minimum absolute atomic E-state index is 0.0778. The largest absolute Gasteiger partial charge is 0.493 e. The molecule has 0 bridgehead atoms. The zero-order valence-corrected chi connectivity index (χ0v) is 18.7. The van der Waals surface area contributed by atoms with Crippen LogP contribution in [0.2, 0.25) is 0 Å². The molecule has 2 amide bonds. The van der Waals surface area contributed by atoms with Gasteiger partial charge in [-0.2, -0.15) is 0 Å². The maximum absolute atomic E-state index is 13.2. The van der Waals surface area contributed by atoms with Crippen molar-refractivity contribution in [2.24, 2.45) is 11.7 Å². The molecule has 2 N–H and O–H groups in total. The third-order valence-corrected chi connectivity index (χ3v) is 6.43. The van der Waals surface area contributed by atoms with Gasteiger partial charge in [-0.15, -0.1) is 0 Å². The summed E-state index contributed by atoms with van der Waals surface area (Å²) in [4.78, 5) is 28.8. The Balaban J connectivity index is 1.52. The second-order valence-corrected chi connectivity index (χ2v) is 8.23. The lowest BCUT2D eigenvalue weighted by atomic mass is 9.92. The van der Waals surface area contributed by atoms with Crippen molar-refractivity contribution in [3.63, 3.8) is 0 Å². The number of carbonyl (C=O) groups excluding carboxylic acids is 2. The maximum Gasteiger partial charge on any atom is 0.254 e. The highest BCUT2D eigenvalue weighted by molar-refractivity contribution is 5.95. The van der Waals surface area contributed by atoms with E-state index in [0.29, 0.717) is 60.5 Å². The lowest BCUT2D eigenvalue weighted by molar-refractivity contribution is -0.127. The quantitative estimate of drug-likeness (QED) is 0.744.